The Hall–Kier alpha value is -2.11. The van der Waals surface area contributed by atoms with E-state index < -0.39 is 5.97 Å². The molecular formula is C15H22N2O4. The SMILES string of the molecule is CC(C)C(CCNC(=O)c1cncc(O)c1)CCC(=O)O. The standard InChI is InChI=1S/C15H22N2O4/c1-10(2)11(3-4-14(19)20)5-6-17-15(21)12-7-13(18)9-16-8-12/h7-11,18H,3-6H2,1-2H3,(H,17,21)(H,19,20). The Morgan fingerprint density at radius 2 is 2.00 bits per heavy atom. The maximum Gasteiger partial charge on any atom is 0.303 e. The van der Waals surface area contributed by atoms with Crippen LogP contribution in [0.5, 0.6) is 5.75 Å². The Morgan fingerprint density at radius 3 is 2.57 bits per heavy atom. The van der Waals surface area contributed by atoms with Crippen molar-refractivity contribution in [1.82, 2.24) is 10.3 Å². The number of carbonyl (C=O) groups is 2. The summed E-state index contributed by atoms with van der Waals surface area (Å²) in [6, 6.07) is 1.35. The molecule has 0 spiro atoms. The Balaban J connectivity index is 2.43. The molecule has 1 aromatic heterocycles. The lowest BCUT2D eigenvalue weighted by atomic mass is 9.88. The molecule has 6 heteroatoms. The first kappa shape index (κ1) is 16.9. The first-order valence-corrected chi connectivity index (χ1v) is 7.04. The number of carboxylic acids is 1. The maximum absolute atomic E-state index is 11.9. The largest absolute Gasteiger partial charge is 0.506 e. The smallest absolute Gasteiger partial charge is 0.303 e. The van der Waals surface area contributed by atoms with Gasteiger partial charge in [-0.2, -0.15) is 0 Å². The fourth-order valence-corrected chi connectivity index (χ4v) is 2.14. The minimum absolute atomic E-state index is 0.0517. The van der Waals surface area contributed by atoms with Crippen LogP contribution in [0, 0.1) is 11.8 Å². The van der Waals surface area contributed by atoms with E-state index in [-0.39, 0.29) is 24.0 Å². The van der Waals surface area contributed by atoms with Gasteiger partial charge < -0.3 is 15.5 Å². The summed E-state index contributed by atoms with van der Waals surface area (Å²) in [7, 11) is 0. The lowest BCUT2D eigenvalue weighted by Gasteiger charge is -2.20. The van der Waals surface area contributed by atoms with Crippen molar-refractivity contribution in [1.29, 1.82) is 0 Å². The molecule has 0 saturated carbocycles. The highest BCUT2D eigenvalue weighted by atomic mass is 16.4. The molecule has 1 unspecified atom stereocenters. The molecule has 0 radical (unpaired) electrons. The Labute approximate surface area is 124 Å². The van der Waals surface area contributed by atoms with Crippen LogP contribution in [0.15, 0.2) is 18.5 Å². The number of amides is 1. The van der Waals surface area contributed by atoms with E-state index in [9.17, 15) is 14.7 Å². The van der Waals surface area contributed by atoms with Gasteiger partial charge in [-0.1, -0.05) is 13.8 Å². The molecule has 1 aromatic rings. The average Bonchev–Trinajstić information content (AvgIpc) is 2.41. The first-order chi connectivity index (χ1) is 9.90. The lowest BCUT2D eigenvalue weighted by Crippen LogP contribution is -2.27. The zero-order valence-corrected chi connectivity index (χ0v) is 12.4. The molecule has 0 saturated heterocycles. The van der Waals surface area contributed by atoms with Gasteiger partial charge in [0.15, 0.2) is 0 Å². The molecule has 0 bridgehead atoms. The zero-order valence-electron chi connectivity index (χ0n) is 12.4. The third-order valence-corrected chi connectivity index (χ3v) is 3.46. The molecule has 0 fully saturated rings. The van der Waals surface area contributed by atoms with Crippen molar-refractivity contribution < 1.29 is 19.8 Å². The zero-order chi connectivity index (χ0) is 15.8. The number of aromatic nitrogens is 1. The molecule has 0 aliphatic heterocycles. The van der Waals surface area contributed by atoms with Gasteiger partial charge in [0.25, 0.3) is 5.91 Å². The second-order valence-corrected chi connectivity index (χ2v) is 5.41. The van der Waals surface area contributed by atoms with Crippen molar-refractivity contribution >= 4 is 11.9 Å². The van der Waals surface area contributed by atoms with E-state index in [0.29, 0.717) is 24.4 Å². The number of pyridine rings is 1. The van der Waals surface area contributed by atoms with Crippen molar-refractivity contribution in [2.75, 3.05) is 6.54 Å². The summed E-state index contributed by atoms with van der Waals surface area (Å²) >= 11 is 0. The van der Waals surface area contributed by atoms with Crippen molar-refractivity contribution in [3.63, 3.8) is 0 Å². The van der Waals surface area contributed by atoms with Crippen LogP contribution in [-0.2, 0) is 4.79 Å². The van der Waals surface area contributed by atoms with Gasteiger partial charge in [0.2, 0.25) is 0 Å². The van der Waals surface area contributed by atoms with Crippen LogP contribution >= 0.6 is 0 Å². The van der Waals surface area contributed by atoms with Crippen molar-refractivity contribution in [2.24, 2.45) is 11.8 Å². The predicted octanol–water partition coefficient (Wildman–Crippen LogP) is 2.04. The number of rotatable bonds is 8. The lowest BCUT2D eigenvalue weighted by molar-refractivity contribution is -0.137. The molecule has 3 N–H and O–H groups in total. The number of nitrogens with one attached hydrogen (secondary N) is 1. The summed E-state index contributed by atoms with van der Waals surface area (Å²) in [6.07, 6.45) is 4.13. The number of hydrogen-bond donors (Lipinski definition) is 3. The highest BCUT2D eigenvalue weighted by Gasteiger charge is 2.15. The third-order valence-electron chi connectivity index (χ3n) is 3.46. The molecule has 1 atom stereocenters. The minimum atomic E-state index is -0.796. The van der Waals surface area contributed by atoms with E-state index >= 15 is 0 Å². The molecule has 0 aromatic carbocycles. The molecule has 21 heavy (non-hydrogen) atoms. The fraction of sp³-hybridized carbons (Fsp3) is 0.533. The van der Waals surface area contributed by atoms with Crippen molar-refractivity contribution in [3.8, 4) is 5.75 Å². The minimum Gasteiger partial charge on any atom is -0.506 e. The number of hydrogen-bond acceptors (Lipinski definition) is 4. The number of nitrogens with zero attached hydrogens (tertiary/aromatic N) is 1. The number of aromatic hydroxyl groups is 1. The molecule has 0 aliphatic rings. The van der Waals surface area contributed by atoms with Crippen LogP contribution in [0.4, 0.5) is 0 Å². The van der Waals surface area contributed by atoms with Crippen LogP contribution in [0.3, 0.4) is 0 Å². The Kier molecular flexibility index (Phi) is 6.65. The monoisotopic (exact) mass is 294 g/mol. The van der Waals surface area contributed by atoms with Gasteiger partial charge in [0, 0.05) is 19.2 Å². The van der Waals surface area contributed by atoms with Gasteiger partial charge >= 0.3 is 5.97 Å². The summed E-state index contributed by atoms with van der Waals surface area (Å²) in [6.45, 7) is 4.57. The highest BCUT2D eigenvalue weighted by Crippen LogP contribution is 2.20. The second kappa shape index (κ2) is 8.24. The van der Waals surface area contributed by atoms with Crippen LogP contribution in [0.1, 0.15) is 43.5 Å². The quantitative estimate of drug-likeness (QED) is 0.681. The van der Waals surface area contributed by atoms with Crippen LogP contribution in [-0.4, -0.2) is 33.6 Å². The first-order valence-electron chi connectivity index (χ1n) is 7.04. The normalized spacial score (nSPS) is 12.1. The van der Waals surface area contributed by atoms with E-state index in [1.54, 1.807) is 0 Å². The maximum atomic E-state index is 11.9. The third kappa shape index (κ3) is 6.25. The van der Waals surface area contributed by atoms with Crippen LogP contribution in [0.2, 0.25) is 0 Å². The summed E-state index contributed by atoms with van der Waals surface area (Å²) in [5.41, 5.74) is 0.307. The Morgan fingerprint density at radius 1 is 1.29 bits per heavy atom. The van der Waals surface area contributed by atoms with E-state index in [0.717, 1.165) is 6.42 Å². The van der Waals surface area contributed by atoms with E-state index in [4.69, 9.17) is 5.11 Å². The highest BCUT2D eigenvalue weighted by molar-refractivity contribution is 5.94. The number of carboxylic acid groups (broad SMARTS) is 1. The molecule has 116 valence electrons. The average molecular weight is 294 g/mol. The van der Waals surface area contributed by atoms with Crippen molar-refractivity contribution in [2.45, 2.75) is 33.1 Å². The molecule has 1 rings (SSSR count). The molecule has 6 nitrogen and oxygen atoms in total. The molecule has 1 heterocycles. The predicted molar refractivity (Wildman–Crippen MR) is 78.0 cm³/mol. The van der Waals surface area contributed by atoms with Gasteiger partial charge in [-0.05, 0) is 30.7 Å². The van der Waals surface area contributed by atoms with Gasteiger partial charge in [-0.25, -0.2) is 0 Å². The van der Waals surface area contributed by atoms with E-state index in [2.05, 4.69) is 10.3 Å². The molecule has 0 aliphatic carbocycles. The van der Waals surface area contributed by atoms with Gasteiger partial charge in [-0.3, -0.25) is 14.6 Å². The molecule has 1 amide bonds. The van der Waals surface area contributed by atoms with Gasteiger partial charge in [0.05, 0.1) is 11.8 Å². The van der Waals surface area contributed by atoms with E-state index in [1.165, 1.54) is 18.5 Å². The summed E-state index contributed by atoms with van der Waals surface area (Å²) in [5, 5.41) is 20.8. The summed E-state index contributed by atoms with van der Waals surface area (Å²) in [5.74, 6) is -0.522. The van der Waals surface area contributed by atoms with Crippen molar-refractivity contribution in [3.05, 3.63) is 24.0 Å². The summed E-state index contributed by atoms with van der Waals surface area (Å²) < 4.78 is 0. The van der Waals surface area contributed by atoms with E-state index in [1.807, 2.05) is 13.8 Å². The summed E-state index contributed by atoms with van der Waals surface area (Å²) in [4.78, 5) is 26.2. The van der Waals surface area contributed by atoms with Gasteiger partial charge in [-0.15, -0.1) is 0 Å². The Bertz CT molecular complexity index is 488. The number of aliphatic carboxylic acids is 1. The topological polar surface area (TPSA) is 99.5 Å². The fourth-order valence-electron chi connectivity index (χ4n) is 2.14. The van der Waals surface area contributed by atoms with Gasteiger partial charge in [0.1, 0.15) is 5.75 Å². The number of carbonyl (C=O) groups excluding carboxylic acids is 1. The second-order valence-electron chi connectivity index (χ2n) is 5.41. The molecular weight excluding hydrogens is 272 g/mol. The van der Waals surface area contributed by atoms with Crippen LogP contribution in [0.25, 0.3) is 0 Å². The van der Waals surface area contributed by atoms with Crippen LogP contribution < -0.4 is 5.32 Å².